The second-order valence-electron chi connectivity index (χ2n) is 6.18. The highest BCUT2D eigenvalue weighted by molar-refractivity contribution is 6.43. The van der Waals surface area contributed by atoms with Crippen molar-refractivity contribution in [3.63, 3.8) is 0 Å². The Morgan fingerprint density at radius 2 is 1.95 bits per heavy atom. The van der Waals surface area contributed by atoms with Gasteiger partial charge in [0.1, 0.15) is 5.82 Å². The summed E-state index contributed by atoms with van der Waals surface area (Å²) in [7, 11) is -0.176. The first-order valence-electron chi connectivity index (χ1n) is 7.26. The van der Waals surface area contributed by atoms with Gasteiger partial charge in [0, 0.05) is 31.5 Å². The molecule has 0 N–H and O–H groups in total. The van der Waals surface area contributed by atoms with E-state index in [1.165, 1.54) is 5.52 Å². The lowest BCUT2D eigenvalue weighted by Crippen LogP contribution is -2.42. The number of imidazole rings is 1. The third-order valence-electron chi connectivity index (χ3n) is 3.72. The largest absolute Gasteiger partial charge is 0.464 e. The molecule has 106 valence electrons. The Labute approximate surface area is 120 Å². The first kappa shape index (κ1) is 13.6. The maximum absolute atomic E-state index is 5.82. The Morgan fingerprint density at radius 1 is 1.25 bits per heavy atom. The van der Waals surface area contributed by atoms with Crippen LogP contribution in [-0.4, -0.2) is 29.9 Å². The van der Waals surface area contributed by atoms with Crippen molar-refractivity contribution in [1.82, 2.24) is 9.55 Å². The molecule has 0 spiro atoms. The predicted molar refractivity (Wildman–Crippen MR) is 80.6 cm³/mol. The van der Waals surface area contributed by atoms with Crippen molar-refractivity contribution in [2.75, 3.05) is 13.2 Å². The van der Waals surface area contributed by atoms with Crippen molar-refractivity contribution in [2.24, 2.45) is 5.41 Å². The van der Waals surface area contributed by atoms with Gasteiger partial charge in [-0.15, -0.1) is 0 Å². The van der Waals surface area contributed by atoms with Crippen LogP contribution < -0.4 is 0 Å². The van der Waals surface area contributed by atoms with Crippen LogP contribution in [0.4, 0.5) is 0 Å². The number of aryl methyl sites for hydroxylation is 1. The maximum atomic E-state index is 5.82. The monoisotopic (exact) mass is 272 g/mol. The van der Waals surface area contributed by atoms with Crippen LogP contribution in [0.1, 0.15) is 26.6 Å². The van der Waals surface area contributed by atoms with E-state index in [2.05, 4.69) is 43.5 Å². The number of benzene rings is 1. The molecule has 0 aliphatic carbocycles. The summed E-state index contributed by atoms with van der Waals surface area (Å²) in [5.74, 6) is 1.04. The molecule has 1 aromatic heterocycles. The summed E-state index contributed by atoms with van der Waals surface area (Å²) in [5.41, 5.74) is 2.34. The predicted octanol–water partition coefficient (Wildman–Crippen LogP) is 2.70. The van der Waals surface area contributed by atoms with Gasteiger partial charge in [-0.1, -0.05) is 26.0 Å². The lowest BCUT2D eigenvalue weighted by atomic mass is 9.80. The van der Waals surface area contributed by atoms with Gasteiger partial charge in [0.15, 0.2) is 0 Å². The van der Waals surface area contributed by atoms with Gasteiger partial charge < -0.3 is 13.9 Å². The third-order valence-corrected chi connectivity index (χ3v) is 3.72. The minimum atomic E-state index is -0.176. The molecule has 0 atom stereocenters. The first-order valence-corrected chi connectivity index (χ1v) is 7.26. The molecular weight excluding hydrogens is 251 g/mol. The average molecular weight is 272 g/mol. The molecule has 1 saturated heterocycles. The van der Waals surface area contributed by atoms with E-state index in [0.717, 1.165) is 31.1 Å². The van der Waals surface area contributed by atoms with E-state index >= 15 is 0 Å². The van der Waals surface area contributed by atoms with Gasteiger partial charge >= 0.3 is 7.12 Å². The second-order valence-corrected chi connectivity index (χ2v) is 6.18. The number of aromatic nitrogens is 2. The Balaban J connectivity index is 1.81. The molecule has 4 nitrogen and oxygen atoms in total. The molecule has 0 unspecified atom stereocenters. The second kappa shape index (κ2) is 5.22. The number of rotatable bonds is 3. The highest BCUT2D eigenvalue weighted by Gasteiger charge is 2.33. The summed E-state index contributed by atoms with van der Waals surface area (Å²) < 4.78 is 13.9. The van der Waals surface area contributed by atoms with E-state index in [4.69, 9.17) is 14.3 Å². The van der Waals surface area contributed by atoms with Crippen LogP contribution in [0.15, 0.2) is 24.3 Å². The zero-order valence-corrected chi connectivity index (χ0v) is 12.4. The van der Waals surface area contributed by atoms with Gasteiger partial charge in [-0.25, -0.2) is 4.98 Å². The van der Waals surface area contributed by atoms with Gasteiger partial charge in [0.25, 0.3) is 0 Å². The van der Waals surface area contributed by atoms with E-state index in [1.54, 1.807) is 0 Å². The highest BCUT2D eigenvalue weighted by Crippen LogP contribution is 2.23. The van der Waals surface area contributed by atoms with Crippen LogP contribution in [0.25, 0.3) is 11.0 Å². The summed E-state index contributed by atoms with van der Waals surface area (Å²) in [6.45, 7) is 8.85. The molecular formula is C15H21BN2O2. The van der Waals surface area contributed by atoms with E-state index < -0.39 is 0 Å². The van der Waals surface area contributed by atoms with E-state index in [9.17, 15) is 0 Å². The van der Waals surface area contributed by atoms with Crippen molar-refractivity contribution in [3.05, 3.63) is 30.1 Å². The summed E-state index contributed by atoms with van der Waals surface area (Å²) in [5, 5.41) is 0. The SMILES string of the molecule is CCn1c(CB2OCC(C)(C)CO2)nc2ccccc21. The van der Waals surface area contributed by atoms with E-state index in [1.807, 2.05) is 6.07 Å². The van der Waals surface area contributed by atoms with Crippen molar-refractivity contribution >= 4 is 18.2 Å². The van der Waals surface area contributed by atoms with Crippen LogP contribution in [0, 0.1) is 5.41 Å². The molecule has 1 aliphatic heterocycles. The van der Waals surface area contributed by atoms with Crippen LogP contribution in [-0.2, 0) is 22.2 Å². The third kappa shape index (κ3) is 2.60. The normalized spacial score (nSPS) is 18.6. The summed E-state index contributed by atoms with van der Waals surface area (Å²) >= 11 is 0. The molecule has 0 amide bonds. The topological polar surface area (TPSA) is 36.3 Å². The quantitative estimate of drug-likeness (QED) is 0.806. The molecule has 5 heteroatoms. The van der Waals surface area contributed by atoms with Crippen LogP contribution in [0.2, 0.25) is 0 Å². The first-order chi connectivity index (χ1) is 9.59. The number of fused-ring (bicyclic) bond motifs is 1. The Bertz CT molecular complexity index is 599. The van der Waals surface area contributed by atoms with E-state index in [0.29, 0.717) is 6.32 Å². The molecule has 0 radical (unpaired) electrons. The number of hydrogen-bond donors (Lipinski definition) is 0. The number of hydrogen-bond acceptors (Lipinski definition) is 3. The summed E-state index contributed by atoms with van der Waals surface area (Å²) in [4.78, 5) is 4.72. The van der Waals surface area contributed by atoms with Crippen molar-refractivity contribution < 1.29 is 9.31 Å². The van der Waals surface area contributed by atoms with Gasteiger partial charge in [0.05, 0.1) is 11.0 Å². The van der Waals surface area contributed by atoms with Crippen LogP contribution in [0.3, 0.4) is 0 Å². The molecule has 20 heavy (non-hydrogen) atoms. The smallest absolute Gasteiger partial charge is 0.410 e. The van der Waals surface area contributed by atoms with Crippen molar-refractivity contribution in [1.29, 1.82) is 0 Å². The zero-order chi connectivity index (χ0) is 14.2. The summed E-state index contributed by atoms with van der Waals surface area (Å²) in [6.07, 6.45) is 0.707. The van der Waals surface area contributed by atoms with Crippen molar-refractivity contribution in [3.8, 4) is 0 Å². The fraction of sp³-hybridized carbons (Fsp3) is 0.533. The Hall–Kier alpha value is -1.33. The number of para-hydroxylation sites is 2. The fourth-order valence-electron chi connectivity index (χ4n) is 2.63. The highest BCUT2D eigenvalue weighted by atomic mass is 16.6. The average Bonchev–Trinajstić information content (AvgIpc) is 2.78. The zero-order valence-electron chi connectivity index (χ0n) is 12.4. The van der Waals surface area contributed by atoms with Crippen molar-refractivity contribution in [2.45, 2.75) is 33.6 Å². The Morgan fingerprint density at radius 3 is 2.65 bits per heavy atom. The molecule has 3 rings (SSSR count). The Kier molecular flexibility index (Phi) is 3.56. The number of nitrogens with zero attached hydrogens (tertiary/aromatic N) is 2. The molecule has 1 fully saturated rings. The van der Waals surface area contributed by atoms with Gasteiger partial charge in [0.2, 0.25) is 0 Å². The van der Waals surface area contributed by atoms with Crippen LogP contribution in [0.5, 0.6) is 0 Å². The molecule has 1 aliphatic rings. The molecule has 2 aromatic rings. The van der Waals surface area contributed by atoms with Crippen LogP contribution >= 0.6 is 0 Å². The van der Waals surface area contributed by atoms with Gasteiger partial charge in [-0.05, 0) is 19.1 Å². The lowest BCUT2D eigenvalue weighted by Gasteiger charge is -2.33. The van der Waals surface area contributed by atoms with Gasteiger partial charge in [-0.3, -0.25) is 0 Å². The minimum absolute atomic E-state index is 0.112. The maximum Gasteiger partial charge on any atom is 0.464 e. The standard InChI is InChI=1S/C15H21BN2O2/c1-4-18-13-8-6-5-7-12(13)17-14(18)9-16-19-10-15(2,3)11-20-16/h5-8H,4,9-11H2,1-3H3. The van der Waals surface area contributed by atoms with E-state index in [-0.39, 0.29) is 12.5 Å². The minimum Gasteiger partial charge on any atom is -0.410 e. The molecule has 0 bridgehead atoms. The molecule has 0 saturated carbocycles. The molecule has 1 aromatic carbocycles. The lowest BCUT2D eigenvalue weighted by molar-refractivity contribution is 0.0275. The fourth-order valence-corrected chi connectivity index (χ4v) is 2.63. The summed E-state index contributed by atoms with van der Waals surface area (Å²) in [6, 6.07) is 8.24. The molecule has 2 heterocycles. The van der Waals surface area contributed by atoms with Gasteiger partial charge in [-0.2, -0.15) is 0 Å².